The molecule has 1 aromatic carbocycles. The standard InChI is InChI=1S/C11H17ClSi/c1-2-3-9-11(12,13)10-7-5-4-6-8-10/h4-8H,2-3,9H2,1,13H3. The van der Waals surface area contributed by atoms with Gasteiger partial charge in [-0.2, -0.15) is 0 Å². The van der Waals surface area contributed by atoms with E-state index >= 15 is 0 Å². The Hall–Kier alpha value is -0.273. The molecule has 1 aromatic rings. The largest absolute Gasteiger partial charge is 0.119 e. The molecule has 0 saturated carbocycles. The Morgan fingerprint density at radius 2 is 1.92 bits per heavy atom. The third-order valence-electron chi connectivity index (χ3n) is 2.38. The summed E-state index contributed by atoms with van der Waals surface area (Å²) in [4.78, 5) is 0. The minimum atomic E-state index is -0.0444. The molecule has 0 N–H and O–H groups in total. The van der Waals surface area contributed by atoms with Crippen LogP contribution in [0.5, 0.6) is 0 Å². The van der Waals surface area contributed by atoms with Crippen molar-refractivity contribution in [3.05, 3.63) is 35.9 Å². The predicted octanol–water partition coefficient (Wildman–Crippen LogP) is 2.63. The van der Waals surface area contributed by atoms with Crippen LogP contribution in [0.2, 0.25) is 0 Å². The fourth-order valence-corrected chi connectivity index (χ4v) is 2.39. The van der Waals surface area contributed by atoms with Crippen molar-refractivity contribution >= 4 is 21.8 Å². The second-order valence-corrected chi connectivity index (χ2v) is 6.84. The SMILES string of the molecule is CCCCC([SiH3])(Cl)c1ccccc1. The molecule has 0 heterocycles. The molecule has 0 amide bonds. The molecule has 1 unspecified atom stereocenters. The highest BCUT2D eigenvalue weighted by molar-refractivity contribution is 6.44. The van der Waals surface area contributed by atoms with Crippen molar-refractivity contribution in [1.82, 2.24) is 0 Å². The molecule has 0 aliphatic heterocycles. The summed E-state index contributed by atoms with van der Waals surface area (Å²) in [6, 6.07) is 10.4. The summed E-state index contributed by atoms with van der Waals surface area (Å²) in [6.45, 7) is 2.21. The van der Waals surface area contributed by atoms with E-state index in [0.29, 0.717) is 0 Å². The van der Waals surface area contributed by atoms with E-state index < -0.39 is 0 Å². The first-order chi connectivity index (χ1) is 6.17. The minimum absolute atomic E-state index is 0.0444. The fourth-order valence-electron chi connectivity index (χ4n) is 1.44. The number of rotatable bonds is 4. The molecule has 0 bridgehead atoms. The Labute approximate surface area is 88.7 Å². The first-order valence-electron chi connectivity index (χ1n) is 4.91. The molecule has 0 radical (unpaired) electrons. The van der Waals surface area contributed by atoms with Crippen LogP contribution in [0.1, 0.15) is 31.7 Å². The third kappa shape index (κ3) is 3.16. The van der Waals surface area contributed by atoms with Crippen LogP contribution in [-0.2, 0) is 4.50 Å². The van der Waals surface area contributed by atoms with Gasteiger partial charge in [-0.1, -0.05) is 50.1 Å². The van der Waals surface area contributed by atoms with Crippen molar-refractivity contribution in [2.24, 2.45) is 0 Å². The van der Waals surface area contributed by atoms with E-state index in [1.807, 2.05) is 6.07 Å². The number of hydrogen-bond donors (Lipinski definition) is 0. The van der Waals surface area contributed by atoms with E-state index in [-0.39, 0.29) is 4.50 Å². The lowest BCUT2D eigenvalue weighted by Gasteiger charge is -2.22. The van der Waals surface area contributed by atoms with Gasteiger partial charge in [-0.3, -0.25) is 0 Å². The zero-order valence-electron chi connectivity index (χ0n) is 8.39. The molecular formula is C11H17ClSi. The summed E-state index contributed by atoms with van der Waals surface area (Å²) >= 11 is 6.50. The van der Waals surface area contributed by atoms with E-state index in [1.165, 1.54) is 18.4 Å². The van der Waals surface area contributed by atoms with E-state index in [0.717, 1.165) is 16.7 Å². The Morgan fingerprint density at radius 1 is 1.31 bits per heavy atom. The molecule has 1 atom stereocenters. The van der Waals surface area contributed by atoms with Crippen molar-refractivity contribution in [2.75, 3.05) is 0 Å². The highest BCUT2D eigenvalue weighted by atomic mass is 35.5. The third-order valence-corrected chi connectivity index (χ3v) is 3.86. The maximum atomic E-state index is 6.50. The molecule has 0 saturated heterocycles. The van der Waals surface area contributed by atoms with Crippen molar-refractivity contribution in [1.29, 1.82) is 0 Å². The maximum Gasteiger partial charge on any atom is 0.0511 e. The summed E-state index contributed by atoms with van der Waals surface area (Å²) in [5, 5.41) is 0. The lowest BCUT2D eigenvalue weighted by molar-refractivity contribution is 0.660. The summed E-state index contributed by atoms with van der Waals surface area (Å²) in [6.07, 6.45) is 3.56. The lowest BCUT2D eigenvalue weighted by Crippen LogP contribution is -2.18. The van der Waals surface area contributed by atoms with Gasteiger partial charge in [-0.25, -0.2) is 0 Å². The molecule has 1 rings (SSSR count). The smallest absolute Gasteiger partial charge is 0.0511 e. The number of benzene rings is 1. The zero-order chi connectivity index (χ0) is 9.73. The van der Waals surface area contributed by atoms with Crippen LogP contribution in [0.25, 0.3) is 0 Å². The van der Waals surface area contributed by atoms with Crippen molar-refractivity contribution in [3.8, 4) is 0 Å². The van der Waals surface area contributed by atoms with Gasteiger partial charge in [0.25, 0.3) is 0 Å². The maximum absolute atomic E-state index is 6.50. The lowest BCUT2D eigenvalue weighted by atomic mass is 10.1. The van der Waals surface area contributed by atoms with Crippen LogP contribution in [-0.4, -0.2) is 10.2 Å². The van der Waals surface area contributed by atoms with Crippen LogP contribution in [0.4, 0.5) is 0 Å². The molecule has 0 aliphatic carbocycles. The van der Waals surface area contributed by atoms with E-state index in [2.05, 4.69) is 31.2 Å². The highest BCUT2D eigenvalue weighted by Crippen LogP contribution is 2.30. The van der Waals surface area contributed by atoms with Gasteiger partial charge >= 0.3 is 0 Å². The Bertz CT molecular complexity index is 244. The summed E-state index contributed by atoms with van der Waals surface area (Å²) < 4.78 is -0.0444. The quantitative estimate of drug-likeness (QED) is 0.532. The molecule has 0 aliphatic rings. The predicted molar refractivity (Wildman–Crippen MR) is 63.4 cm³/mol. The zero-order valence-corrected chi connectivity index (χ0v) is 11.1. The van der Waals surface area contributed by atoms with Gasteiger partial charge in [-0.05, 0) is 12.0 Å². The average Bonchev–Trinajstić information content (AvgIpc) is 2.16. The fraction of sp³-hybridized carbons (Fsp3) is 0.455. The molecule has 0 nitrogen and oxygen atoms in total. The molecule has 13 heavy (non-hydrogen) atoms. The molecule has 2 heteroatoms. The minimum Gasteiger partial charge on any atom is -0.119 e. The van der Waals surface area contributed by atoms with Crippen LogP contribution in [0.15, 0.2) is 30.3 Å². The van der Waals surface area contributed by atoms with Gasteiger partial charge in [0.1, 0.15) is 0 Å². The Morgan fingerprint density at radius 3 is 2.46 bits per heavy atom. The molecule has 0 fully saturated rings. The van der Waals surface area contributed by atoms with Crippen molar-refractivity contribution < 1.29 is 0 Å². The number of halogens is 1. The van der Waals surface area contributed by atoms with Crippen LogP contribution < -0.4 is 0 Å². The monoisotopic (exact) mass is 212 g/mol. The summed E-state index contributed by atoms with van der Waals surface area (Å²) in [5.74, 6) is 0. The van der Waals surface area contributed by atoms with Gasteiger partial charge in [0, 0.05) is 10.2 Å². The van der Waals surface area contributed by atoms with Gasteiger partial charge in [-0.15, -0.1) is 11.6 Å². The summed E-state index contributed by atoms with van der Waals surface area (Å²) in [5.41, 5.74) is 1.29. The normalized spacial score (nSPS) is 15.5. The topological polar surface area (TPSA) is 0 Å². The van der Waals surface area contributed by atoms with E-state index in [1.54, 1.807) is 0 Å². The van der Waals surface area contributed by atoms with Crippen molar-refractivity contribution in [2.45, 2.75) is 30.7 Å². The number of hydrogen-bond acceptors (Lipinski definition) is 0. The van der Waals surface area contributed by atoms with Crippen LogP contribution in [0.3, 0.4) is 0 Å². The van der Waals surface area contributed by atoms with E-state index in [9.17, 15) is 0 Å². The van der Waals surface area contributed by atoms with Gasteiger partial charge < -0.3 is 0 Å². The average molecular weight is 213 g/mol. The van der Waals surface area contributed by atoms with Crippen LogP contribution >= 0.6 is 11.6 Å². The van der Waals surface area contributed by atoms with Gasteiger partial charge in [0.05, 0.1) is 4.50 Å². The van der Waals surface area contributed by atoms with Crippen LogP contribution in [0, 0.1) is 0 Å². The molecule has 0 aromatic heterocycles. The molecule has 0 spiro atoms. The number of unbranched alkanes of at least 4 members (excludes halogenated alkanes) is 1. The molecular weight excluding hydrogens is 196 g/mol. The second kappa shape index (κ2) is 4.82. The Balaban J connectivity index is 2.69. The first kappa shape index (κ1) is 10.8. The summed E-state index contributed by atoms with van der Waals surface area (Å²) in [7, 11) is 1.02. The highest BCUT2D eigenvalue weighted by Gasteiger charge is 2.21. The first-order valence-corrected chi connectivity index (χ1v) is 6.29. The molecule has 72 valence electrons. The Kier molecular flexibility index (Phi) is 4.01. The van der Waals surface area contributed by atoms with Gasteiger partial charge in [0.15, 0.2) is 0 Å². The number of alkyl halides is 1. The van der Waals surface area contributed by atoms with Gasteiger partial charge in [0.2, 0.25) is 0 Å². The van der Waals surface area contributed by atoms with E-state index in [4.69, 9.17) is 11.6 Å². The second-order valence-electron chi connectivity index (χ2n) is 3.67. The van der Waals surface area contributed by atoms with Crippen molar-refractivity contribution in [3.63, 3.8) is 0 Å².